The van der Waals surface area contributed by atoms with Gasteiger partial charge in [0.1, 0.15) is 5.75 Å². The highest BCUT2D eigenvalue weighted by Crippen LogP contribution is 2.19. The minimum atomic E-state index is -1.08. The van der Waals surface area contributed by atoms with E-state index < -0.39 is 5.97 Å². The number of rotatable bonds is 5. The van der Waals surface area contributed by atoms with Crippen molar-refractivity contribution in [2.45, 2.75) is 12.8 Å². The number of carbonyl (C=O) groups is 1. The summed E-state index contributed by atoms with van der Waals surface area (Å²) >= 11 is 0. The van der Waals surface area contributed by atoms with Crippen molar-refractivity contribution in [1.29, 1.82) is 5.26 Å². The Balaban J connectivity index is 2.65. The van der Waals surface area contributed by atoms with Gasteiger partial charge in [0.15, 0.2) is 0 Å². The molecule has 0 aliphatic heterocycles. The molecule has 0 spiro atoms. The van der Waals surface area contributed by atoms with Gasteiger partial charge in [0.2, 0.25) is 0 Å². The molecule has 5 nitrogen and oxygen atoms in total. The van der Waals surface area contributed by atoms with Gasteiger partial charge in [-0.25, -0.2) is 4.79 Å². The zero-order chi connectivity index (χ0) is 12.0. The van der Waals surface area contributed by atoms with Crippen LogP contribution in [0.1, 0.15) is 23.2 Å². The summed E-state index contributed by atoms with van der Waals surface area (Å²) in [4.78, 5) is 10.8. The second-order valence-corrected chi connectivity index (χ2v) is 3.16. The predicted octanol–water partition coefficient (Wildman–Crippen LogP) is 1.65. The van der Waals surface area contributed by atoms with E-state index in [4.69, 9.17) is 20.8 Å². The summed E-state index contributed by atoms with van der Waals surface area (Å²) in [7, 11) is 0. The number of benzene rings is 1. The number of ether oxygens (including phenoxy) is 1. The van der Waals surface area contributed by atoms with Crippen LogP contribution in [-0.2, 0) is 0 Å². The van der Waals surface area contributed by atoms with Crippen molar-refractivity contribution in [1.82, 2.24) is 0 Å². The van der Waals surface area contributed by atoms with E-state index in [1.165, 1.54) is 12.1 Å². The van der Waals surface area contributed by atoms with E-state index in [9.17, 15) is 4.79 Å². The van der Waals surface area contributed by atoms with Gasteiger partial charge in [-0.3, -0.25) is 0 Å². The maximum atomic E-state index is 10.8. The number of nitrogens with zero attached hydrogens (tertiary/aromatic N) is 1. The van der Waals surface area contributed by atoms with Crippen LogP contribution in [-0.4, -0.2) is 17.7 Å². The molecule has 0 fully saturated rings. The number of hydrogen-bond acceptors (Lipinski definition) is 4. The van der Waals surface area contributed by atoms with Crippen molar-refractivity contribution in [2.75, 3.05) is 12.3 Å². The maximum Gasteiger partial charge on any atom is 0.337 e. The Hall–Kier alpha value is -2.22. The van der Waals surface area contributed by atoms with Crippen molar-refractivity contribution < 1.29 is 14.6 Å². The summed E-state index contributed by atoms with van der Waals surface area (Å²) in [5.74, 6) is -0.635. The lowest BCUT2D eigenvalue weighted by Crippen LogP contribution is -2.04. The van der Waals surface area contributed by atoms with E-state index in [2.05, 4.69) is 0 Å². The van der Waals surface area contributed by atoms with Crippen molar-refractivity contribution in [3.05, 3.63) is 23.8 Å². The average molecular weight is 220 g/mol. The Labute approximate surface area is 93.1 Å². The van der Waals surface area contributed by atoms with Crippen LogP contribution in [0.3, 0.4) is 0 Å². The molecule has 1 aromatic carbocycles. The van der Waals surface area contributed by atoms with Crippen LogP contribution in [0.4, 0.5) is 5.69 Å². The molecule has 0 saturated carbocycles. The number of aromatic carboxylic acids is 1. The molecule has 84 valence electrons. The van der Waals surface area contributed by atoms with Crippen LogP contribution >= 0.6 is 0 Å². The van der Waals surface area contributed by atoms with Crippen LogP contribution in [0.2, 0.25) is 0 Å². The Kier molecular flexibility index (Phi) is 4.16. The van der Waals surface area contributed by atoms with Crippen LogP contribution in [0.25, 0.3) is 0 Å². The molecule has 5 heteroatoms. The number of unbranched alkanes of at least 4 members (excludes halogenated alkanes) is 1. The van der Waals surface area contributed by atoms with Gasteiger partial charge in [0, 0.05) is 12.1 Å². The van der Waals surface area contributed by atoms with Gasteiger partial charge >= 0.3 is 5.97 Å². The SMILES string of the molecule is N#CCCCOc1ccc(N)c(C(=O)O)c1. The third-order valence-corrected chi connectivity index (χ3v) is 1.96. The number of carboxylic acid groups (broad SMARTS) is 1. The first-order valence-electron chi connectivity index (χ1n) is 4.77. The molecule has 0 unspecified atom stereocenters. The molecule has 3 N–H and O–H groups in total. The summed E-state index contributed by atoms with van der Waals surface area (Å²) in [6.07, 6.45) is 1.03. The maximum absolute atomic E-state index is 10.8. The molecule has 1 aromatic rings. The largest absolute Gasteiger partial charge is 0.494 e. The molecule has 0 amide bonds. The highest BCUT2D eigenvalue weighted by molar-refractivity contribution is 5.94. The van der Waals surface area contributed by atoms with Crippen molar-refractivity contribution in [3.63, 3.8) is 0 Å². The number of nitrogens with two attached hydrogens (primary N) is 1. The first-order chi connectivity index (χ1) is 7.65. The van der Waals surface area contributed by atoms with Gasteiger partial charge in [0.05, 0.1) is 18.2 Å². The Morgan fingerprint density at radius 3 is 2.94 bits per heavy atom. The Morgan fingerprint density at radius 2 is 2.31 bits per heavy atom. The fraction of sp³-hybridized carbons (Fsp3) is 0.273. The molecular formula is C11H12N2O3. The van der Waals surface area contributed by atoms with Crippen LogP contribution in [0.5, 0.6) is 5.75 Å². The Bertz CT molecular complexity index is 424. The minimum Gasteiger partial charge on any atom is -0.494 e. The van der Waals surface area contributed by atoms with Crippen molar-refractivity contribution in [2.24, 2.45) is 0 Å². The molecule has 0 heterocycles. The lowest BCUT2D eigenvalue weighted by Gasteiger charge is -2.07. The van der Waals surface area contributed by atoms with Gasteiger partial charge in [-0.2, -0.15) is 5.26 Å². The Morgan fingerprint density at radius 1 is 1.56 bits per heavy atom. The van der Waals surface area contributed by atoms with Crippen LogP contribution < -0.4 is 10.5 Å². The monoisotopic (exact) mass is 220 g/mol. The van der Waals surface area contributed by atoms with E-state index >= 15 is 0 Å². The molecule has 0 aliphatic rings. The molecule has 0 saturated heterocycles. The topological polar surface area (TPSA) is 96.3 Å². The fourth-order valence-electron chi connectivity index (χ4n) is 1.15. The van der Waals surface area contributed by atoms with E-state index in [-0.39, 0.29) is 11.3 Å². The van der Waals surface area contributed by atoms with Crippen LogP contribution in [0, 0.1) is 11.3 Å². The summed E-state index contributed by atoms with van der Waals surface area (Å²) in [6, 6.07) is 6.47. The smallest absolute Gasteiger partial charge is 0.337 e. The fourth-order valence-corrected chi connectivity index (χ4v) is 1.15. The normalized spacial score (nSPS) is 9.44. The number of nitrogen functional groups attached to an aromatic ring is 1. The first-order valence-corrected chi connectivity index (χ1v) is 4.77. The molecule has 0 aromatic heterocycles. The van der Waals surface area contributed by atoms with E-state index in [0.717, 1.165) is 0 Å². The molecule has 0 radical (unpaired) electrons. The molecule has 0 atom stereocenters. The van der Waals surface area contributed by atoms with Crippen molar-refractivity contribution >= 4 is 11.7 Å². The molecule has 1 rings (SSSR count). The highest BCUT2D eigenvalue weighted by atomic mass is 16.5. The lowest BCUT2D eigenvalue weighted by molar-refractivity contribution is 0.0697. The number of nitriles is 1. The van der Waals surface area contributed by atoms with Gasteiger partial charge in [0.25, 0.3) is 0 Å². The van der Waals surface area contributed by atoms with Crippen LogP contribution in [0.15, 0.2) is 18.2 Å². The molecule has 16 heavy (non-hydrogen) atoms. The first kappa shape index (κ1) is 11.9. The molecule has 0 bridgehead atoms. The second-order valence-electron chi connectivity index (χ2n) is 3.16. The highest BCUT2D eigenvalue weighted by Gasteiger charge is 2.08. The zero-order valence-corrected chi connectivity index (χ0v) is 8.64. The lowest BCUT2D eigenvalue weighted by atomic mass is 10.2. The van der Waals surface area contributed by atoms with Gasteiger partial charge in [-0.1, -0.05) is 0 Å². The van der Waals surface area contributed by atoms with Gasteiger partial charge in [-0.05, 0) is 24.6 Å². The molecular weight excluding hydrogens is 208 g/mol. The zero-order valence-electron chi connectivity index (χ0n) is 8.64. The van der Waals surface area contributed by atoms with Gasteiger partial charge in [-0.15, -0.1) is 0 Å². The summed E-state index contributed by atoms with van der Waals surface area (Å²) in [5, 5.41) is 17.1. The minimum absolute atomic E-state index is 0.0257. The number of hydrogen-bond donors (Lipinski definition) is 2. The van der Waals surface area contributed by atoms with Crippen molar-refractivity contribution in [3.8, 4) is 11.8 Å². The second kappa shape index (κ2) is 5.61. The summed E-state index contributed by atoms with van der Waals surface area (Å²) in [6.45, 7) is 0.385. The molecule has 0 aliphatic carbocycles. The third kappa shape index (κ3) is 3.17. The quantitative estimate of drug-likeness (QED) is 0.581. The van der Waals surface area contributed by atoms with E-state index in [0.29, 0.717) is 25.2 Å². The van der Waals surface area contributed by atoms with Gasteiger partial charge < -0.3 is 15.6 Å². The van der Waals surface area contributed by atoms with E-state index in [1.807, 2.05) is 6.07 Å². The number of anilines is 1. The third-order valence-electron chi connectivity index (χ3n) is 1.96. The summed E-state index contributed by atoms with van der Waals surface area (Å²) in [5.41, 5.74) is 5.72. The predicted molar refractivity (Wildman–Crippen MR) is 58.2 cm³/mol. The number of carboxylic acids is 1. The summed E-state index contributed by atoms with van der Waals surface area (Å²) < 4.78 is 5.28. The standard InChI is InChI=1S/C11H12N2O3/c12-5-1-2-6-16-8-3-4-10(13)9(7-8)11(14)15/h3-4,7H,1-2,6,13H2,(H,14,15). The average Bonchev–Trinajstić information content (AvgIpc) is 2.26. The van der Waals surface area contributed by atoms with E-state index in [1.54, 1.807) is 6.07 Å².